The second kappa shape index (κ2) is 5.29. The number of nitrogens with two attached hydrogens (primary N) is 1. The van der Waals surface area contributed by atoms with Gasteiger partial charge in [-0.05, 0) is 11.6 Å². The molecule has 0 aliphatic rings. The molecular formula is C8H10BrN3S. The molecule has 0 aliphatic heterocycles. The fraction of sp³-hybridized carbons (Fsp3) is 0.125. The molecule has 0 spiro atoms. The van der Waals surface area contributed by atoms with E-state index in [9.17, 15) is 0 Å². The van der Waals surface area contributed by atoms with Crippen molar-refractivity contribution < 1.29 is 0 Å². The Morgan fingerprint density at radius 1 is 1.54 bits per heavy atom. The standard InChI is InChI=1S/C8H10BrN3S/c9-8-4-2-1-3-7(8)5-12(6-13)11-10/h1-4,6,11H,5,10H2. The summed E-state index contributed by atoms with van der Waals surface area (Å²) in [6.07, 6.45) is 0. The van der Waals surface area contributed by atoms with Crippen LogP contribution in [0, 0.1) is 0 Å². The molecule has 1 aromatic rings. The molecule has 0 bridgehead atoms. The molecule has 13 heavy (non-hydrogen) atoms. The first-order valence-electron chi connectivity index (χ1n) is 3.69. The third-order valence-electron chi connectivity index (χ3n) is 1.59. The van der Waals surface area contributed by atoms with Gasteiger partial charge < -0.3 is 0 Å². The second-order valence-corrected chi connectivity index (χ2v) is 3.52. The van der Waals surface area contributed by atoms with Crippen molar-refractivity contribution in [2.24, 2.45) is 5.84 Å². The molecule has 1 aromatic carbocycles. The number of hydrogen-bond donors (Lipinski definition) is 2. The van der Waals surface area contributed by atoms with E-state index in [1.54, 1.807) is 5.01 Å². The van der Waals surface area contributed by atoms with E-state index < -0.39 is 0 Å². The van der Waals surface area contributed by atoms with Crippen molar-refractivity contribution in [1.29, 1.82) is 0 Å². The Kier molecular flexibility index (Phi) is 4.31. The van der Waals surface area contributed by atoms with Crippen molar-refractivity contribution in [3.05, 3.63) is 34.3 Å². The van der Waals surface area contributed by atoms with Crippen molar-refractivity contribution in [2.45, 2.75) is 6.54 Å². The first-order valence-corrected chi connectivity index (χ1v) is 4.96. The van der Waals surface area contributed by atoms with Crippen molar-refractivity contribution >= 4 is 33.6 Å². The number of rotatable bonds is 4. The van der Waals surface area contributed by atoms with Gasteiger partial charge in [-0.25, -0.2) is 0 Å². The molecule has 0 saturated heterocycles. The molecule has 0 saturated carbocycles. The lowest BCUT2D eigenvalue weighted by Crippen LogP contribution is -2.40. The molecule has 1 rings (SSSR count). The van der Waals surface area contributed by atoms with Gasteiger partial charge in [0.05, 0.1) is 12.0 Å². The van der Waals surface area contributed by atoms with Gasteiger partial charge in [-0.2, -0.15) is 5.53 Å². The molecule has 0 heterocycles. The van der Waals surface area contributed by atoms with Crippen LogP contribution in [0.5, 0.6) is 0 Å². The number of benzene rings is 1. The smallest absolute Gasteiger partial charge is 0.0805 e. The zero-order valence-electron chi connectivity index (χ0n) is 6.90. The summed E-state index contributed by atoms with van der Waals surface area (Å²) in [4.78, 5) is 0. The second-order valence-electron chi connectivity index (χ2n) is 2.45. The summed E-state index contributed by atoms with van der Waals surface area (Å²) in [5.74, 6) is 5.24. The van der Waals surface area contributed by atoms with Gasteiger partial charge in [-0.3, -0.25) is 10.9 Å². The van der Waals surface area contributed by atoms with Crippen LogP contribution in [0.2, 0.25) is 0 Å². The van der Waals surface area contributed by atoms with Gasteiger partial charge >= 0.3 is 0 Å². The van der Waals surface area contributed by atoms with Crippen LogP contribution in [0.1, 0.15) is 5.56 Å². The largest absolute Gasteiger partial charge is 0.287 e. The van der Waals surface area contributed by atoms with Crippen LogP contribution in [0.15, 0.2) is 28.7 Å². The molecule has 0 unspecified atom stereocenters. The van der Waals surface area contributed by atoms with Crippen molar-refractivity contribution in [3.63, 3.8) is 0 Å². The van der Waals surface area contributed by atoms with E-state index in [4.69, 9.17) is 18.1 Å². The Morgan fingerprint density at radius 2 is 2.23 bits per heavy atom. The molecule has 0 atom stereocenters. The maximum absolute atomic E-state index is 5.24. The normalized spacial score (nSPS) is 9.69. The van der Waals surface area contributed by atoms with Gasteiger partial charge in [0.2, 0.25) is 0 Å². The quantitative estimate of drug-likeness (QED) is 0.490. The molecule has 5 heteroatoms. The summed E-state index contributed by atoms with van der Waals surface area (Å²) in [7, 11) is 0. The SMILES string of the molecule is NNN(C=S)Cc1ccccc1Br. The number of nitrogens with zero attached hydrogens (tertiary/aromatic N) is 1. The topological polar surface area (TPSA) is 41.3 Å². The molecule has 3 N–H and O–H groups in total. The van der Waals surface area contributed by atoms with Gasteiger partial charge in [0.25, 0.3) is 0 Å². The highest BCUT2D eigenvalue weighted by atomic mass is 79.9. The lowest BCUT2D eigenvalue weighted by atomic mass is 10.2. The highest BCUT2D eigenvalue weighted by Gasteiger charge is 2.01. The summed E-state index contributed by atoms with van der Waals surface area (Å²) >= 11 is 8.20. The molecule has 0 aromatic heterocycles. The third-order valence-corrected chi connectivity index (χ3v) is 2.62. The summed E-state index contributed by atoms with van der Waals surface area (Å²) in [5, 5.41) is 1.62. The molecule has 70 valence electrons. The Morgan fingerprint density at radius 3 is 2.77 bits per heavy atom. The van der Waals surface area contributed by atoms with Gasteiger partial charge in [-0.15, -0.1) is 0 Å². The fourth-order valence-corrected chi connectivity index (χ4v) is 1.47. The van der Waals surface area contributed by atoms with Gasteiger partial charge in [0.15, 0.2) is 0 Å². The minimum Gasteiger partial charge on any atom is -0.287 e. The van der Waals surface area contributed by atoms with E-state index in [1.165, 1.54) is 5.49 Å². The monoisotopic (exact) mass is 259 g/mol. The predicted octanol–water partition coefficient (Wildman–Crippen LogP) is 1.59. The van der Waals surface area contributed by atoms with Crippen LogP contribution in [-0.4, -0.2) is 10.5 Å². The number of halogens is 1. The average molecular weight is 260 g/mol. The Bertz CT molecular complexity index is 292. The van der Waals surface area contributed by atoms with E-state index >= 15 is 0 Å². The molecule has 0 radical (unpaired) electrons. The summed E-state index contributed by atoms with van der Waals surface area (Å²) in [5.41, 5.74) is 5.08. The van der Waals surface area contributed by atoms with Crippen LogP contribution in [-0.2, 0) is 6.54 Å². The zero-order chi connectivity index (χ0) is 9.68. The van der Waals surface area contributed by atoms with Crippen molar-refractivity contribution in [3.8, 4) is 0 Å². The van der Waals surface area contributed by atoms with E-state index in [0.29, 0.717) is 6.54 Å². The van der Waals surface area contributed by atoms with Crippen LogP contribution >= 0.6 is 28.1 Å². The van der Waals surface area contributed by atoms with Gasteiger partial charge in [-0.1, -0.05) is 46.3 Å². The van der Waals surface area contributed by atoms with Crippen LogP contribution in [0.25, 0.3) is 0 Å². The summed E-state index contributed by atoms with van der Waals surface area (Å²) in [6.45, 7) is 0.640. The van der Waals surface area contributed by atoms with Crippen molar-refractivity contribution in [1.82, 2.24) is 10.5 Å². The third kappa shape index (κ3) is 3.04. The van der Waals surface area contributed by atoms with E-state index in [1.807, 2.05) is 24.3 Å². The van der Waals surface area contributed by atoms with Crippen LogP contribution < -0.4 is 11.4 Å². The molecule has 0 amide bonds. The van der Waals surface area contributed by atoms with Gasteiger partial charge in [0.1, 0.15) is 0 Å². The van der Waals surface area contributed by atoms with Crippen LogP contribution in [0.4, 0.5) is 0 Å². The fourth-order valence-electron chi connectivity index (χ4n) is 0.923. The van der Waals surface area contributed by atoms with Gasteiger partial charge in [0, 0.05) is 4.47 Å². The lowest BCUT2D eigenvalue weighted by Gasteiger charge is -2.17. The Labute approximate surface area is 91.0 Å². The average Bonchev–Trinajstić information content (AvgIpc) is 2.17. The first kappa shape index (κ1) is 10.6. The zero-order valence-corrected chi connectivity index (χ0v) is 9.31. The van der Waals surface area contributed by atoms with E-state index in [-0.39, 0.29) is 0 Å². The maximum Gasteiger partial charge on any atom is 0.0805 e. The number of hydrogen-bond acceptors (Lipinski definition) is 3. The number of hydrazine groups is 2. The first-order chi connectivity index (χ1) is 6.27. The summed E-state index contributed by atoms with van der Waals surface area (Å²) in [6, 6.07) is 7.92. The molecule has 0 aliphatic carbocycles. The van der Waals surface area contributed by atoms with E-state index in [0.717, 1.165) is 10.0 Å². The number of nitrogens with one attached hydrogen (secondary N) is 1. The number of thiocarbonyl (C=S) groups is 1. The Balaban J connectivity index is 2.73. The van der Waals surface area contributed by atoms with Crippen LogP contribution in [0.3, 0.4) is 0 Å². The maximum atomic E-state index is 5.24. The minimum atomic E-state index is 0.640. The molecule has 0 fully saturated rings. The minimum absolute atomic E-state index is 0.640. The summed E-state index contributed by atoms with van der Waals surface area (Å²) < 4.78 is 1.05. The lowest BCUT2D eigenvalue weighted by molar-refractivity contribution is 0.320. The van der Waals surface area contributed by atoms with Crippen molar-refractivity contribution in [2.75, 3.05) is 0 Å². The predicted molar refractivity (Wildman–Crippen MR) is 60.7 cm³/mol. The highest BCUT2D eigenvalue weighted by molar-refractivity contribution is 9.10. The Hall–Kier alpha value is -0.490. The van der Waals surface area contributed by atoms with E-state index in [2.05, 4.69) is 21.5 Å². The molecular weight excluding hydrogens is 250 g/mol. The highest BCUT2D eigenvalue weighted by Crippen LogP contribution is 2.16. The molecule has 3 nitrogen and oxygen atoms in total.